The van der Waals surface area contributed by atoms with Crippen molar-refractivity contribution in [3.8, 4) is 0 Å². The average molecular weight is 370 g/mol. The number of carbonyl (C=O) groups is 2. The smallest absolute Gasteiger partial charge is 0.328 e. The lowest BCUT2D eigenvalue weighted by Gasteiger charge is -2.12. The van der Waals surface area contributed by atoms with Crippen molar-refractivity contribution in [2.24, 2.45) is 0 Å². The summed E-state index contributed by atoms with van der Waals surface area (Å²) in [6.07, 6.45) is 2.28. The van der Waals surface area contributed by atoms with Crippen LogP contribution in [0.15, 0.2) is 16.7 Å². The number of amides is 1. The second-order valence-corrected chi connectivity index (χ2v) is 5.72. The summed E-state index contributed by atoms with van der Waals surface area (Å²) in [7, 11) is 0. The fourth-order valence-corrected chi connectivity index (χ4v) is 2.82. The van der Waals surface area contributed by atoms with E-state index >= 15 is 0 Å². The van der Waals surface area contributed by atoms with Gasteiger partial charge in [0.1, 0.15) is 5.69 Å². The highest BCUT2D eigenvalue weighted by molar-refractivity contribution is 9.10. The lowest BCUT2D eigenvalue weighted by atomic mass is 10.2. The standard InChI is InChI=1S/C14H16BrN3O4/c1-3-9-11(13(20)17-10(6-19)14(21)22)18-5-7(2)4-8(15)12(18)16-9/h4-5,10,19H,3,6H2,1-2H3,(H,17,20)(H,21,22). The average Bonchev–Trinajstić information content (AvgIpc) is 2.82. The summed E-state index contributed by atoms with van der Waals surface area (Å²) in [5.41, 5.74) is 2.35. The van der Waals surface area contributed by atoms with Gasteiger partial charge < -0.3 is 15.5 Å². The van der Waals surface area contributed by atoms with E-state index in [1.807, 2.05) is 19.9 Å². The summed E-state index contributed by atoms with van der Waals surface area (Å²) in [5.74, 6) is -1.87. The van der Waals surface area contributed by atoms with E-state index in [4.69, 9.17) is 10.2 Å². The summed E-state index contributed by atoms with van der Waals surface area (Å²) in [4.78, 5) is 27.8. The molecular formula is C14H16BrN3O4. The summed E-state index contributed by atoms with van der Waals surface area (Å²) in [6, 6.07) is 0.535. The molecule has 0 aliphatic rings. The highest BCUT2D eigenvalue weighted by Gasteiger charge is 2.24. The Kier molecular flexibility index (Phi) is 4.82. The molecule has 0 fully saturated rings. The number of halogens is 1. The first-order valence-electron chi connectivity index (χ1n) is 6.70. The van der Waals surface area contributed by atoms with Gasteiger partial charge in [-0.1, -0.05) is 6.92 Å². The number of aliphatic hydroxyl groups excluding tert-OH is 1. The number of aliphatic carboxylic acids is 1. The highest BCUT2D eigenvalue weighted by atomic mass is 79.9. The molecule has 8 heteroatoms. The molecule has 3 N–H and O–H groups in total. The third kappa shape index (κ3) is 2.97. The number of carboxylic acids is 1. The van der Waals surface area contributed by atoms with Crippen LogP contribution in [0, 0.1) is 6.92 Å². The quantitative estimate of drug-likeness (QED) is 0.733. The van der Waals surface area contributed by atoms with Crippen molar-refractivity contribution < 1.29 is 19.8 Å². The number of hydrogen-bond acceptors (Lipinski definition) is 4. The van der Waals surface area contributed by atoms with Gasteiger partial charge in [0.2, 0.25) is 0 Å². The van der Waals surface area contributed by atoms with Crippen molar-refractivity contribution in [2.45, 2.75) is 26.3 Å². The third-order valence-corrected chi connectivity index (χ3v) is 3.80. The van der Waals surface area contributed by atoms with Gasteiger partial charge in [-0.05, 0) is 40.9 Å². The maximum Gasteiger partial charge on any atom is 0.328 e. The Morgan fingerprint density at radius 3 is 2.73 bits per heavy atom. The molecule has 118 valence electrons. The number of hydrogen-bond donors (Lipinski definition) is 3. The number of imidazole rings is 1. The van der Waals surface area contributed by atoms with E-state index in [0.717, 1.165) is 10.0 Å². The van der Waals surface area contributed by atoms with E-state index in [9.17, 15) is 9.59 Å². The maximum absolute atomic E-state index is 12.4. The number of pyridine rings is 1. The van der Waals surface area contributed by atoms with Gasteiger partial charge in [-0.2, -0.15) is 0 Å². The lowest BCUT2D eigenvalue weighted by Crippen LogP contribution is -2.43. The molecular weight excluding hydrogens is 354 g/mol. The monoisotopic (exact) mass is 369 g/mol. The molecule has 2 aromatic rings. The number of carboxylic acid groups (broad SMARTS) is 1. The predicted octanol–water partition coefficient (Wildman–Crippen LogP) is 1.14. The van der Waals surface area contributed by atoms with Gasteiger partial charge in [-0.25, -0.2) is 9.78 Å². The van der Waals surface area contributed by atoms with Crippen LogP contribution in [0.25, 0.3) is 5.65 Å². The fraction of sp³-hybridized carbons (Fsp3) is 0.357. The molecule has 0 spiro atoms. The molecule has 0 bridgehead atoms. The second-order valence-electron chi connectivity index (χ2n) is 4.87. The largest absolute Gasteiger partial charge is 0.480 e. The van der Waals surface area contributed by atoms with Gasteiger partial charge in [0, 0.05) is 6.20 Å². The van der Waals surface area contributed by atoms with Crippen molar-refractivity contribution in [2.75, 3.05) is 6.61 Å². The molecule has 2 aromatic heterocycles. The Balaban J connectivity index is 2.53. The summed E-state index contributed by atoms with van der Waals surface area (Å²) >= 11 is 3.41. The van der Waals surface area contributed by atoms with Crippen LogP contribution in [-0.2, 0) is 11.2 Å². The molecule has 0 saturated carbocycles. The van der Waals surface area contributed by atoms with Crippen molar-refractivity contribution in [1.29, 1.82) is 0 Å². The molecule has 1 atom stereocenters. The number of aliphatic hydroxyl groups is 1. The minimum absolute atomic E-state index is 0.279. The normalized spacial score (nSPS) is 12.4. The van der Waals surface area contributed by atoms with Gasteiger partial charge in [-0.15, -0.1) is 0 Å². The van der Waals surface area contributed by atoms with Crippen LogP contribution in [0.4, 0.5) is 0 Å². The third-order valence-electron chi connectivity index (χ3n) is 3.22. The number of nitrogens with one attached hydrogen (secondary N) is 1. The molecule has 1 unspecified atom stereocenters. The number of aromatic nitrogens is 2. The zero-order valence-corrected chi connectivity index (χ0v) is 13.7. The Morgan fingerprint density at radius 1 is 1.50 bits per heavy atom. The van der Waals surface area contributed by atoms with E-state index in [2.05, 4.69) is 26.2 Å². The molecule has 0 saturated heterocycles. The molecule has 7 nitrogen and oxygen atoms in total. The Labute approximate surface area is 135 Å². The van der Waals surface area contributed by atoms with Crippen molar-refractivity contribution >= 4 is 33.5 Å². The van der Waals surface area contributed by atoms with Gasteiger partial charge in [0.05, 0.1) is 16.8 Å². The van der Waals surface area contributed by atoms with Crippen LogP contribution < -0.4 is 5.32 Å². The Hall–Kier alpha value is -1.93. The summed E-state index contributed by atoms with van der Waals surface area (Å²) in [5, 5.41) is 20.3. The Bertz CT molecular complexity index is 741. The zero-order chi connectivity index (χ0) is 16.4. The SMILES string of the molecule is CCc1nc2c(Br)cc(C)cn2c1C(=O)NC(CO)C(=O)O. The molecule has 2 heterocycles. The van der Waals surface area contributed by atoms with Crippen molar-refractivity contribution in [3.05, 3.63) is 33.7 Å². The number of fused-ring (bicyclic) bond motifs is 1. The van der Waals surface area contributed by atoms with Gasteiger partial charge in [0.15, 0.2) is 11.7 Å². The van der Waals surface area contributed by atoms with Crippen LogP contribution in [-0.4, -0.2) is 44.1 Å². The number of nitrogens with zero attached hydrogens (tertiary/aromatic N) is 2. The van der Waals surface area contributed by atoms with Gasteiger partial charge in [0.25, 0.3) is 5.91 Å². The zero-order valence-electron chi connectivity index (χ0n) is 12.1. The molecule has 0 radical (unpaired) electrons. The van der Waals surface area contributed by atoms with E-state index in [-0.39, 0.29) is 5.69 Å². The number of rotatable bonds is 5. The van der Waals surface area contributed by atoms with Crippen LogP contribution in [0.2, 0.25) is 0 Å². The molecule has 1 amide bonds. The first kappa shape index (κ1) is 16.4. The summed E-state index contributed by atoms with van der Waals surface area (Å²) in [6.45, 7) is 3.06. The topological polar surface area (TPSA) is 104 Å². The first-order chi connectivity index (χ1) is 10.4. The predicted molar refractivity (Wildman–Crippen MR) is 83.0 cm³/mol. The van der Waals surface area contributed by atoms with Crippen molar-refractivity contribution in [1.82, 2.24) is 14.7 Å². The van der Waals surface area contributed by atoms with E-state index < -0.39 is 24.5 Å². The van der Waals surface area contributed by atoms with E-state index in [1.165, 1.54) is 0 Å². The van der Waals surface area contributed by atoms with Crippen LogP contribution in [0.5, 0.6) is 0 Å². The highest BCUT2D eigenvalue weighted by Crippen LogP contribution is 2.23. The fourth-order valence-electron chi connectivity index (χ4n) is 2.18. The molecule has 2 rings (SSSR count). The van der Waals surface area contributed by atoms with Crippen molar-refractivity contribution in [3.63, 3.8) is 0 Å². The lowest BCUT2D eigenvalue weighted by molar-refractivity contribution is -0.140. The molecule has 0 aliphatic heterocycles. The Morgan fingerprint density at radius 2 is 2.18 bits per heavy atom. The maximum atomic E-state index is 12.4. The van der Waals surface area contributed by atoms with Gasteiger partial charge >= 0.3 is 5.97 Å². The van der Waals surface area contributed by atoms with E-state index in [0.29, 0.717) is 17.8 Å². The minimum Gasteiger partial charge on any atom is -0.480 e. The first-order valence-corrected chi connectivity index (χ1v) is 7.49. The number of carbonyl (C=O) groups excluding carboxylic acids is 1. The molecule has 0 aliphatic carbocycles. The second kappa shape index (κ2) is 6.45. The molecule has 22 heavy (non-hydrogen) atoms. The minimum atomic E-state index is -1.35. The van der Waals surface area contributed by atoms with Crippen LogP contribution in [0.1, 0.15) is 28.7 Å². The van der Waals surface area contributed by atoms with Gasteiger partial charge in [-0.3, -0.25) is 9.20 Å². The van der Waals surface area contributed by atoms with Crippen LogP contribution >= 0.6 is 15.9 Å². The van der Waals surface area contributed by atoms with Crippen LogP contribution in [0.3, 0.4) is 0 Å². The summed E-state index contributed by atoms with van der Waals surface area (Å²) < 4.78 is 2.38. The number of aryl methyl sites for hydroxylation is 2. The van der Waals surface area contributed by atoms with E-state index in [1.54, 1.807) is 10.6 Å². The molecule has 0 aromatic carbocycles.